The van der Waals surface area contributed by atoms with Crippen molar-refractivity contribution in [3.05, 3.63) is 41.3 Å². The summed E-state index contributed by atoms with van der Waals surface area (Å²) in [5.41, 5.74) is 5.08. The Kier molecular flexibility index (Phi) is 4.06. The fourth-order valence-electron chi connectivity index (χ4n) is 1.95. The van der Waals surface area contributed by atoms with E-state index >= 15 is 0 Å². The van der Waals surface area contributed by atoms with Gasteiger partial charge in [-0.25, -0.2) is 20.2 Å². The second kappa shape index (κ2) is 5.75. The van der Waals surface area contributed by atoms with Crippen LogP contribution in [0.5, 0.6) is 0 Å². The number of anilines is 1. The van der Waals surface area contributed by atoms with E-state index < -0.39 is 0 Å². The number of halogens is 1. The van der Waals surface area contributed by atoms with Gasteiger partial charge in [0.1, 0.15) is 11.6 Å². The van der Waals surface area contributed by atoms with E-state index in [1.807, 2.05) is 13.0 Å². The van der Waals surface area contributed by atoms with Gasteiger partial charge in [0.25, 0.3) is 0 Å². The highest BCUT2D eigenvalue weighted by Crippen LogP contribution is 2.22. The predicted molar refractivity (Wildman–Crippen MR) is 74.0 cm³/mol. The second-order valence-electron chi connectivity index (χ2n) is 4.42. The minimum Gasteiger partial charge on any atom is -0.308 e. The second-order valence-corrected chi connectivity index (χ2v) is 4.42. The fraction of sp³-hybridized carbons (Fsp3) is 0.286. The van der Waals surface area contributed by atoms with Crippen LogP contribution in [0.25, 0.3) is 11.4 Å². The zero-order valence-corrected chi connectivity index (χ0v) is 11.1. The highest BCUT2D eigenvalue weighted by atomic mass is 19.1. The molecule has 0 aliphatic rings. The average Bonchev–Trinajstić information content (AvgIpc) is 2.38. The van der Waals surface area contributed by atoms with E-state index in [0.717, 1.165) is 29.7 Å². The number of rotatable bonds is 4. The maximum atomic E-state index is 13.1. The summed E-state index contributed by atoms with van der Waals surface area (Å²) in [6.07, 6.45) is 1.84. The van der Waals surface area contributed by atoms with E-state index in [0.29, 0.717) is 11.6 Å². The summed E-state index contributed by atoms with van der Waals surface area (Å²) >= 11 is 0. The number of aromatic nitrogens is 2. The fourth-order valence-corrected chi connectivity index (χ4v) is 1.95. The normalized spacial score (nSPS) is 10.5. The number of nitrogen functional groups attached to an aromatic ring is 1. The summed E-state index contributed by atoms with van der Waals surface area (Å²) in [4.78, 5) is 8.83. The molecule has 5 heteroatoms. The maximum absolute atomic E-state index is 13.1. The molecule has 0 amide bonds. The molecule has 100 valence electrons. The molecule has 0 spiro atoms. The molecule has 0 fully saturated rings. The van der Waals surface area contributed by atoms with Crippen LogP contribution in [0.2, 0.25) is 0 Å². The topological polar surface area (TPSA) is 63.8 Å². The van der Waals surface area contributed by atoms with Crippen molar-refractivity contribution in [2.45, 2.75) is 26.7 Å². The van der Waals surface area contributed by atoms with Crippen molar-refractivity contribution in [3.63, 3.8) is 0 Å². The van der Waals surface area contributed by atoms with Crippen molar-refractivity contribution >= 4 is 5.82 Å². The van der Waals surface area contributed by atoms with Gasteiger partial charge in [-0.3, -0.25) is 0 Å². The first kappa shape index (κ1) is 13.4. The van der Waals surface area contributed by atoms with Crippen LogP contribution in [-0.2, 0) is 6.42 Å². The van der Waals surface area contributed by atoms with Gasteiger partial charge in [-0.05, 0) is 37.1 Å². The first-order valence-corrected chi connectivity index (χ1v) is 6.25. The Balaban J connectivity index is 2.51. The SMILES string of the molecule is CCCc1cc(NN)nc(-c2ccc(F)cc2C)n1. The lowest BCUT2D eigenvalue weighted by Gasteiger charge is -2.09. The molecular formula is C14H17FN4. The summed E-state index contributed by atoms with van der Waals surface area (Å²) in [6, 6.07) is 6.40. The number of benzene rings is 1. The molecule has 1 heterocycles. The molecule has 1 aromatic carbocycles. The molecule has 4 nitrogen and oxygen atoms in total. The minimum atomic E-state index is -0.261. The summed E-state index contributed by atoms with van der Waals surface area (Å²) in [5.74, 6) is 6.30. The quantitative estimate of drug-likeness (QED) is 0.655. The lowest BCUT2D eigenvalue weighted by Crippen LogP contribution is -2.10. The number of nitrogens with zero attached hydrogens (tertiary/aromatic N) is 2. The molecule has 0 atom stereocenters. The van der Waals surface area contributed by atoms with Crippen molar-refractivity contribution < 1.29 is 4.39 Å². The summed E-state index contributed by atoms with van der Waals surface area (Å²) in [6.45, 7) is 3.92. The molecule has 0 bridgehead atoms. The third-order valence-corrected chi connectivity index (χ3v) is 2.86. The monoisotopic (exact) mass is 260 g/mol. The molecule has 0 aliphatic heterocycles. The molecule has 2 aromatic rings. The van der Waals surface area contributed by atoms with Crippen LogP contribution >= 0.6 is 0 Å². The van der Waals surface area contributed by atoms with Gasteiger partial charge in [-0.2, -0.15) is 0 Å². The van der Waals surface area contributed by atoms with Gasteiger partial charge in [0.05, 0.1) is 0 Å². The highest BCUT2D eigenvalue weighted by Gasteiger charge is 2.09. The molecule has 0 saturated carbocycles. The molecule has 0 aliphatic carbocycles. The Morgan fingerprint density at radius 1 is 1.26 bits per heavy atom. The van der Waals surface area contributed by atoms with Crippen molar-refractivity contribution in [1.29, 1.82) is 0 Å². The third kappa shape index (κ3) is 3.06. The molecule has 2 rings (SSSR count). The molecule has 0 radical (unpaired) electrons. The molecule has 19 heavy (non-hydrogen) atoms. The predicted octanol–water partition coefficient (Wildman–Crippen LogP) is 2.83. The molecule has 0 saturated heterocycles. The average molecular weight is 260 g/mol. The van der Waals surface area contributed by atoms with E-state index in [-0.39, 0.29) is 5.82 Å². The van der Waals surface area contributed by atoms with Gasteiger partial charge in [-0.1, -0.05) is 13.3 Å². The zero-order chi connectivity index (χ0) is 13.8. The third-order valence-electron chi connectivity index (χ3n) is 2.86. The van der Waals surface area contributed by atoms with Gasteiger partial charge in [-0.15, -0.1) is 0 Å². The Hall–Kier alpha value is -2.01. The van der Waals surface area contributed by atoms with Crippen LogP contribution in [0.15, 0.2) is 24.3 Å². The van der Waals surface area contributed by atoms with E-state index in [1.54, 1.807) is 6.07 Å². The Morgan fingerprint density at radius 3 is 2.68 bits per heavy atom. The van der Waals surface area contributed by atoms with Crippen LogP contribution in [0.1, 0.15) is 24.6 Å². The lowest BCUT2D eigenvalue weighted by atomic mass is 10.1. The molecular weight excluding hydrogens is 243 g/mol. The van der Waals surface area contributed by atoms with Gasteiger partial charge in [0.2, 0.25) is 0 Å². The first-order chi connectivity index (χ1) is 9.13. The van der Waals surface area contributed by atoms with E-state index in [4.69, 9.17) is 5.84 Å². The number of hydrogen-bond donors (Lipinski definition) is 2. The van der Waals surface area contributed by atoms with Crippen LogP contribution in [0.4, 0.5) is 10.2 Å². The Bertz CT molecular complexity index is 584. The highest BCUT2D eigenvalue weighted by molar-refractivity contribution is 5.61. The van der Waals surface area contributed by atoms with Crippen LogP contribution in [0.3, 0.4) is 0 Å². The Labute approximate surface area is 111 Å². The zero-order valence-electron chi connectivity index (χ0n) is 11.1. The number of nitrogens with two attached hydrogens (primary N) is 1. The largest absolute Gasteiger partial charge is 0.308 e. The van der Waals surface area contributed by atoms with Gasteiger partial charge in [0.15, 0.2) is 5.82 Å². The van der Waals surface area contributed by atoms with Crippen LogP contribution < -0.4 is 11.3 Å². The Morgan fingerprint density at radius 2 is 2.05 bits per heavy atom. The summed E-state index contributed by atoms with van der Waals surface area (Å²) < 4.78 is 13.1. The van der Waals surface area contributed by atoms with Crippen LogP contribution in [0, 0.1) is 12.7 Å². The lowest BCUT2D eigenvalue weighted by molar-refractivity contribution is 0.627. The van der Waals surface area contributed by atoms with Crippen LogP contribution in [-0.4, -0.2) is 9.97 Å². The van der Waals surface area contributed by atoms with Gasteiger partial charge in [0, 0.05) is 17.3 Å². The van der Waals surface area contributed by atoms with Gasteiger partial charge < -0.3 is 5.43 Å². The van der Waals surface area contributed by atoms with Crippen molar-refractivity contribution in [2.75, 3.05) is 5.43 Å². The number of aryl methyl sites for hydroxylation is 2. The molecule has 0 unspecified atom stereocenters. The summed E-state index contributed by atoms with van der Waals surface area (Å²) in [5, 5.41) is 0. The first-order valence-electron chi connectivity index (χ1n) is 6.25. The van der Waals surface area contributed by atoms with Crippen molar-refractivity contribution in [1.82, 2.24) is 9.97 Å². The summed E-state index contributed by atoms with van der Waals surface area (Å²) in [7, 11) is 0. The van der Waals surface area contributed by atoms with E-state index in [1.165, 1.54) is 12.1 Å². The van der Waals surface area contributed by atoms with E-state index in [9.17, 15) is 4.39 Å². The number of nitrogens with one attached hydrogen (secondary N) is 1. The number of hydrazine groups is 1. The standard InChI is InChI=1S/C14H17FN4/c1-3-4-11-8-13(19-16)18-14(17-11)12-6-5-10(15)7-9(12)2/h5-8H,3-4,16H2,1-2H3,(H,17,18,19). The molecule has 1 aromatic heterocycles. The van der Waals surface area contributed by atoms with Gasteiger partial charge >= 0.3 is 0 Å². The molecule has 3 N–H and O–H groups in total. The number of hydrogen-bond acceptors (Lipinski definition) is 4. The van der Waals surface area contributed by atoms with Crippen molar-refractivity contribution in [2.24, 2.45) is 5.84 Å². The minimum absolute atomic E-state index is 0.261. The van der Waals surface area contributed by atoms with Crippen molar-refractivity contribution in [3.8, 4) is 11.4 Å². The maximum Gasteiger partial charge on any atom is 0.162 e. The smallest absolute Gasteiger partial charge is 0.162 e. The van der Waals surface area contributed by atoms with E-state index in [2.05, 4.69) is 22.3 Å².